The zero-order valence-corrected chi connectivity index (χ0v) is 13.2. The molecule has 2 aromatic rings. The smallest absolute Gasteiger partial charge is 0.126 e. The van der Waals surface area contributed by atoms with Gasteiger partial charge in [-0.05, 0) is 55.3 Å². The summed E-state index contributed by atoms with van der Waals surface area (Å²) in [5, 5.41) is 3.54. The van der Waals surface area contributed by atoms with Gasteiger partial charge in [-0.2, -0.15) is 0 Å². The summed E-state index contributed by atoms with van der Waals surface area (Å²) < 4.78 is 13.3. The Morgan fingerprint density at radius 1 is 1.20 bits per heavy atom. The van der Waals surface area contributed by atoms with Crippen molar-refractivity contribution in [3.63, 3.8) is 0 Å². The minimum absolute atomic E-state index is 0.137. The first kappa shape index (κ1) is 15.2. The van der Waals surface area contributed by atoms with Crippen LogP contribution in [0.25, 0.3) is 10.4 Å². The summed E-state index contributed by atoms with van der Waals surface area (Å²) in [7, 11) is 0. The standard InChI is InChI=1S/C17H22FNS/c1-4-6-15(19-5-2)17-10-9-16(20-17)13-7-8-14(18)12(3)11-13/h7-11,15,19H,4-6H2,1-3H3. The number of benzene rings is 1. The van der Waals surface area contributed by atoms with Gasteiger partial charge in [0.15, 0.2) is 0 Å². The molecule has 1 atom stereocenters. The Bertz CT molecular complexity index is 556. The zero-order valence-electron chi connectivity index (χ0n) is 12.4. The second-order valence-corrected chi connectivity index (χ2v) is 6.18. The molecule has 0 fully saturated rings. The quantitative estimate of drug-likeness (QED) is 0.760. The monoisotopic (exact) mass is 291 g/mol. The third-order valence-electron chi connectivity index (χ3n) is 3.44. The number of hydrogen-bond donors (Lipinski definition) is 1. The van der Waals surface area contributed by atoms with Gasteiger partial charge in [-0.1, -0.05) is 26.3 Å². The summed E-state index contributed by atoms with van der Waals surface area (Å²) in [4.78, 5) is 2.58. The van der Waals surface area contributed by atoms with Gasteiger partial charge in [-0.25, -0.2) is 4.39 Å². The van der Waals surface area contributed by atoms with E-state index in [2.05, 4.69) is 31.3 Å². The first-order chi connectivity index (χ1) is 9.65. The first-order valence-corrected chi connectivity index (χ1v) is 8.07. The molecule has 0 aliphatic carbocycles. The van der Waals surface area contributed by atoms with Crippen LogP contribution in [-0.4, -0.2) is 6.54 Å². The van der Waals surface area contributed by atoms with Crippen molar-refractivity contribution in [2.45, 2.75) is 39.7 Å². The molecule has 1 unspecified atom stereocenters. The highest BCUT2D eigenvalue weighted by molar-refractivity contribution is 7.15. The van der Waals surface area contributed by atoms with Gasteiger partial charge in [-0.3, -0.25) is 0 Å². The summed E-state index contributed by atoms with van der Waals surface area (Å²) in [5.74, 6) is -0.137. The molecule has 3 heteroatoms. The molecular formula is C17H22FNS. The highest BCUT2D eigenvalue weighted by atomic mass is 32.1. The van der Waals surface area contributed by atoms with Crippen LogP contribution >= 0.6 is 11.3 Å². The summed E-state index contributed by atoms with van der Waals surface area (Å²) in [6.45, 7) is 7.14. The van der Waals surface area contributed by atoms with Crippen LogP contribution < -0.4 is 5.32 Å². The van der Waals surface area contributed by atoms with Crippen molar-refractivity contribution in [2.75, 3.05) is 6.54 Å². The molecule has 1 N–H and O–H groups in total. The number of nitrogens with one attached hydrogen (secondary N) is 1. The van der Waals surface area contributed by atoms with Gasteiger partial charge in [0.1, 0.15) is 5.82 Å². The Morgan fingerprint density at radius 2 is 2.00 bits per heavy atom. The topological polar surface area (TPSA) is 12.0 Å². The third-order valence-corrected chi connectivity index (χ3v) is 4.69. The Kier molecular flexibility index (Phi) is 5.32. The highest BCUT2D eigenvalue weighted by Crippen LogP contribution is 2.33. The SMILES string of the molecule is CCCC(NCC)c1ccc(-c2ccc(F)c(C)c2)s1. The van der Waals surface area contributed by atoms with Crippen molar-refractivity contribution in [1.29, 1.82) is 0 Å². The van der Waals surface area contributed by atoms with E-state index in [4.69, 9.17) is 0 Å². The van der Waals surface area contributed by atoms with Crippen LogP contribution in [0.4, 0.5) is 4.39 Å². The number of halogens is 1. The maximum Gasteiger partial charge on any atom is 0.126 e. The average Bonchev–Trinajstić information content (AvgIpc) is 2.91. The molecule has 0 saturated heterocycles. The molecule has 1 heterocycles. The van der Waals surface area contributed by atoms with Crippen LogP contribution in [0.2, 0.25) is 0 Å². The molecule has 0 saturated carbocycles. The minimum Gasteiger partial charge on any atom is -0.310 e. The fourth-order valence-corrected chi connectivity index (χ4v) is 3.49. The second-order valence-electron chi connectivity index (χ2n) is 5.06. The molecule has 0 aliphatic rings. The van der Waals surface area contributed by atoms with E-state index in [9.17, 15) is 4.39 Å². The number of rotatable bonds is 6. The molecule has 0 aliphatic heterocycles. The molecule has 2 rings (SSSR count). The van der Waals surface area contributed by atoms with E-state index in [1.54, 1.807) is 17.4 Å². The summed E-state index contributed by atoms with van der Waals surface area (Å²) >= 11 is 1.80. The van der Waals surface area contributed by atoms with Crippen molar-refractivity contribution < 1.29 is 4.39 Å². The Morgan fingerprint density at radius 3 is 2.65 bits per heavy atom. The molecule has 0 amide bonds. The van der Waals surface area contributed by atoms with Crippen molar-refractivity contribution in [3.8, 4) is 10.4 Å². The van der Waals surface area contributed by atoms with E-state index in [-0.39, 0.29) is 5.82 Å². The maximum atomic E-state index is 13.3. The van der Waals surface area contributed by atoms with Gasteiger partial charge in [-0.15, -0.1) is 11.3 Å². The van der Waals surface area contributed by atoms with Crippen LogP contribution in [0.5, 0.6) is 0 Å². The molecule has 0 bridgehead atoms. The van der Waals surface area contributed by atoms with Crippen molar-refractivity contribution in [3.05, 3.63) is 46.6 Å². The van der Waals surface area contributed by atoms with Crippen LogP contribution in [0.15, 0.2) is 30.3 Å². The van der Waals surface area contributed by atoms with E-state index in [1.807, 2.05) is 19.1 Å². The molecule has 1 aromatic heterocycles. The van der Waals surface area contributed by atoms with Gasteiger partial charge >= 0.3 is 0 Å². The zero-order chi connectivity index (χ0) is 14.5. The largest absolute Gasteiger partial charge is 0.310 e. The number of thiophene rings is 1. The lowest BCUT2D eigenvalue weighted by atomic mass is 10.1. The lowest BCUT2D eigenvalue weighted by molar-refractivity contribution is 0.516. The molecular weight excluding hydrogens is 269 g/mol. The third kappa shape index (κ3) is 3.47. The maximum absolute atomic E-state index is 13.3. The summed E-state index contributed by atoms with van der Waals surface area (Å²) in [6, 6.07) is 10.1. The lowest BCUT2D eigenvalue weighted by Gasteiger charge is -2.15. The van der Waals surface area contributed by atoms with Crippen LogP contribution in [-0.2, 0) is 0 Å². The second kappa shape index (κ2) is 7.00. The van der Waals surface area contributed by atoms with E-state index < -0.39 is 0 Å². The first-order valence-electron chi connectivity index (χ1n) is 7.25. The number of aryl methyl sites for hydroxylation is 1. The molecule has 20 heavy (non-hydrogen) atoms. The molecule has 0 spiro atoms. The van der Waals surface area contributed by atoms with Crippen LogP contribution in [0.1, 0.15) is 43.2 Å². The fraction of sp³-hybridized carbons (Fsp3) is 0.412. The van der Waals surface area contributed by atoms with Crippen molar-refractivity contribution >= 4 is 11.3 Å². The molecule has 1 aromatic carbocycles. The Hall–Kier alpha value is -1.19. The van der Waals surface area contributed by atoms with Crippen LogP contribution in [0, 0.1) is 12.7 Å². The molecule has 108 valence electrons. The number of hydrogen-bond acceptors (Lipinski definition) is 2. The van der Waals surface area contributed by atoms with E-state index in [0.717, 1.165) is 18.5 Å². The lowest BCUT2D eigenvalue weighted by Crippen LogP contribution is -2.19. The predicted octanol–water partition coefficient (Wildman–Crippen LogP) is 5.31. The normalized spacial score (nSPS) is 12.6. The molecule has 1 nitrogen and oxygen atoms in total. The van der Waals surface area contributed by atoms with Crippen molar-refractivity contribution in [2.24, 2.45) is 0 Å². The summed E-state index contributed by atoms with van der Waals surface area (Å²) in [6.07, 6.45) is 2.32. The van der Waals surface area contributed by atoms with Crippen LogP contribution in [0.3, 0.4) is 0 Å². The summed E-state index contributed by atoms with van der Waals surface area (Å²) in [5.41, 5.74) is 1.81. The van der Waals surface area contributed by atoms with E-state index in [1.165, 1.54) is 16.2 Å². The predicted molar refractivity (Wildman–Crippen MR) is 85.8 cm³/mol. The Balaban J connectivity index is 2.24. The van der Waals surface area contributed by atoms with Gasteiger partial charge in [0.25, 0.3) is 0 Å². The Labute approximate surface area is 124 Å². The fourth-order valence-electron chi connectivity index (χ4n) is 2.37. The highest BCUT2D eigenvalue weighted by Gasteiger charge is 2.13. The average molecular weight is 291 g/mol. The van der Waals surface area contributed by atoms with Gasteiger partial charge in [0.05, 0.1) is 0 Å². The van der Waals surface area contributed by atoms with Gasteiger partial charge < -0.3 is 5.32 Å². The molecule has 0 radical (unpaired) electrons. The van der Waals surface area contributed by atoms with Gasteiger partial charge in [0, 0.05) is 15.8 Å². The van der Waals surface area contributed by atoms with E-state index in [0.29, 0.717) is 11.6 Å². The van der Waals surface area contributed by atoms with E-state index >= 15 is 0 Å². The van der Waals surface area contributed by atoms with Crippen molar-refractivity contribution in [1.82, 2.24) is 5.32 Å². The minimum atomic E-state index is -0.137. The van der Waals surface area contributed by atoms with Gasteiger partial charge in [0.2, 0.25) is 0 Å².